The summed E-state index contributed by atoms with van der Waals surface area (Å²) in [5.74, 6) is -0.902. The van der Waals surface area contributed by atoms with Gasteiger partial charge in [-0.25, -0.2) is 14.4 Å². The molecule has 0 aliphatic heterocycles. The first-order valence-corrected chi connectivity index (χ1v) is 9.42. The number of rotatable bonds is 9. The number of benzene rings is 1. The second-order valence-corrected chi connectivity index (χ2v) is 6.85. The van der Waals surface area contributed by atoms with Crippen LogP contribution in [0, 0.1) is 0 Å². The largest absolute Gasteiger partial charge is 0.492 e. The van der Waals surface area contributed by atoms with Crippen molar-refractivity contribution in [2.45, 2.75) is 40.2 Å². The Balaban J connectivity index is 2.64. The number of carbonyl (C=O) groups excluding carboxylic acids is 3. The van der Waals surface area contributed by atoms with Gasteiger partial charge < -0.3 is 24.3 Å². The van der Waals surface area contributed by atoms with Crippen molar-refractivity contribution < 1.29 is 33.3 Å². The molecule has 0 bridgehead atoms. The summed E-state index contributed by atoms with van der Waals surface area (Å²) in [6, 6.07) is 6.75. The van der Waals surface area contributed by atoms with E-state index in [-0.39, 0.29) is 31.9 Å². The Bertz CT molecular complexity index is 698. The van der Waals surface area contributed by atoms with E-state index in [1.807, 2.05) is 0 Å². The third kappa shape index (κ3) is 9.64. The third-order valence-corrected chi connectivity index (χ3v) is 3.22. The van der Waals surface area contributed by atoms with Gasteiger partial charge in [-0.05, 0) is 58.4 Å². The van der Waals surface area contributed by atoms with Crippen molar-refractivity contribution >= 4 is 24.1 Å². The van der Waals surface area contributed by atoms with E-state index in [1.54, 1.807) is 58.9 Å². The van der Waals surface area contributed by atoms with Crippen molar-refractivity contribution in [3.8, 4) is 5.75 Å². The smallest absolute Gasteiger partial charge is 0.407 e. The molecule has 0 atom stereocenters. The van der Waals surface area contributed by atoms with E-state index in [2.05, 4.69) is 5.32 Å². The molecule has 0 unspecified atom stereocenters. The first-order chi connectivity index (χ1) is 13.7. The summed E-state index contributed by atoms with van der Waals surface area (Å²) in [6.45, 7) is 9.52. The molecule has 1 N–H and O–H groups in total. The van der Waals surface area contributed by atoms with E-state index in [9.17, 15) is 14.4 Å². The molecule has 0 spiro atoms. The molecule has 0 aromatic heterocycles. The summed E-state index contributed by atoms with van der Waals surface area (Å²) in [7, 11) is 0. The Morgan fingerprint density at radius 1 is 0.966 bits per heavy atom. The van der Waals surface area contributed by atoms with Crippen LogP contribution in [0.3, 0.4) is 0 Å². The summed E-state index contributed by atoms with van der Waals surface area (Å²) >= 11 is 0. The molecule has 1 aromatic carbocycles. The number of hydrogen-bond acceptors (Lipinski definition) is 7. The third-order valence-electron chi connectivity index (χ3n) is 3.22. The first kappa shape index (κ1) is 24.0. The lowest BCUT2D eigenvalue weighted by molar-refractivity contribution is -0.146. The van der Waals surface area contributed by atoms with Crippen LogP contribution in [-0.4, -0.2) is 50.0 Å². The van der Waals surface area contributed by atoms with E-state index in [0.29, 0.717) is 11.3 Å². The molecule has 0 saturated carbocycles. The van der Waals surface area contributed by atoms with Crippen LogP contribution >= 0.6 is 0 Å². The normalized spacial score (nSPS) is 10.5. The van der Waals surface area contributed by atoms with Gasteiger partial charge in [-0.1, -0.05) is 12.1 Å². The minimum absolute atomic E-state index is 0.152. The van der Waals surface area contributed by atoms with Gasteiger partial charge in [-0.15, -0.1) is 0 Å². The summed E-state index contributed by atoms with van der Waals surface area (Å²) < 4.78 is 20.5. The van der Waals surface area contributed by atoms with Crippen molar-refractivity contribution in [3.05, 3.63) is 35.4 Å². The molecule has 8 nitrogen and oxygen atoms in total. The van der Waals surface area contributed by atoms with Crippen molar-refractivity contribution in [1.82, 2.24) is 5.32 Å². The molecule has 1 rings (SSSR count). The highest BCUT2D eigenvalue weighted by atomic mass is 16.6. The van der Waals surface area contributed by atoms with Crippen LogP contribution in [0.15, 0.2) is 29.8 Å². The van der Waals surface area contributed by atoms with Crippen molar-refractivity contribution in [1.29, 1.82) is 0 Å². The molecular formula is C21H29NO7. The van der Waals surface area contributed by atoms with Crippen LogP contribution < -0.4 is 10.1 Å². The maximum absolute atomic E-state index is 12.0. The first-order valence-electron chi connectivity index (χ1n) is 9.42. The van der Waals surface area contributed by atoms with E-state index in [0.717, 1.165) is 0 Å². The second-order valence-electron chi connectivity index (χ2n) is 6.85. The summed E-state index contributed by atoms with van der Waals surface area (Å²) in [5.41, 5.74) is -0.121. The van der Waals surface area contributed by atoms with Gasteiger partial charge in [0.1, 0.15) is 23.5 Å². The molecule has 0 aliphatic rings. The number of hydrogen-bond donors (Lipinski definition) is 1. The molecular weight excluding hydrogens is 378 g/mol. The number of carbonyl (C=O) groups is 3. The fourth-order valence-corrected chi connectivity index (χ4v) is 2.08. The lowest BCUT2D eigenvalue weighted by atomic mass is 10.1. The highest BCUT2D eigenvalue weighted by Gasteiger charge is 2.21. The molecule has 8 heteroatoms. The van der Waals surface area contributed by atoms with Crippen LogP contribution in [0.2, 0.25) is 0 Å². The van der Waals surface area contributed by atoms with Gasteiger partial charge in [0, 0.05) is 0 Å². The van der Waals surface area contributed by atoms with Crippen molar-refractivity contribution in [3.63, 3.8) is 0 Å². The molecule has 1 amide bonds. The molecule has 0 aliphatic carbocycles. The zero-order valence-corrected chi connectivity index (χ0v) is 17.6. The Morgan fingerprint density at radius 3 is 2.00 bits per heavy atom. The van der Waals surface area contributed by atoms with Gasteiger partial charge in [-0.2, -0.15) is 0 Å². The zero-order chi connectivity index (χ0) is 21.9. The molecule has 1 aromatic rings. The minimum Gasteiger partial charge on any atom is -0.492 e. The summed E-state index contributed by atoms with van der Waals surface area (Å²) in [4.78, 5) is 35.5. The lowest BCUT2D eigenvalue weighted by Crippen LogP contribution is -2.34. The summed E-state index contributed by atoms with van der Waals surface area (Å²) in [5, 5.41) is 2.60. The lowest BCUT2D eigenvalue weighted by Gasteiger charge is -2.19. The van der Waals surface area contributed by atoms with Crippen LogP contribution in [0.25, 0.3) is 6.08 Å². The Labute approximate surface area is 171 Å². The highest BCUT2D eigenvalue weighted by Crippen LogP contribution is 2.16. The van der Waals surface area contributed by atoms with E-state index >= 15 is 0 Å². The predicted molar refractivity (Wildman–Crippen MR) is 107 cm³/mol. The Morgan fingerprint density at radius 2 is 1.52 bits per heavy atom. The summed E-state index contributed by atoms with van der Waals surface area (Å²) in [6.07, 6.45) is 0.899. The van der Waals surface area contributed by atoms with E-state index < -0.39 is 23.6 Å². The number of alkyl carbamates (subject to hydrolysis) is 1. The van der Waals surface area contributed by atoms with E-state index in [4.69, 9.17) is 18.9 Å². The van der Waals surface area contributed by atoms with Gasteiger partial charge in [0.05, 0.1) is 19.8 Å². The Kier molecular flexibility index (Phi) is 9.71. The molecule has 0 fully saturated rings. The number of ether oxygens (including phenoxy) is 4. The SMILES string of the molecule is CCOC(=O)C(=Cc1ccc(OCCNC(=O)OC(C)(C)C)cc1)C(=O)OCC. The molecule has 29 heavy (non-hydrogen) atoms. The van der Waals surface area contributed by atoms with Gasteiger partial charge in [0.15, 0.2) is 0 Å². The van der Waals surface area contributed by atoms with Crippen LogP contribution in [0.5, 0.6) is 5.75 Å². The fourth-order valence-electron chi connectivity index (χ4n) is 2.08. The topological polar surface area (TPSA) is 100 Å². The van der Waals surface area contributed by atoms with Gasteiger partial charge in [0.25, 0.3) is 0 Å². The number of esters is 2. The number of amides is 1. The minimum atomic E-state index is -0.737. The second kappa shape index (κ2) is 11.7. The predicted octanol–water partition coefficient (Wildman–Crippen LogP) is 3.10. The van der Waals surface area contributed by atoms with Gasteiger partial charge >= 0.3 is 18.0 Å². The standard InChI is InChI=1S/C21H29NO7/c1-6-26-18(23)17(19(24)27-7-2)14-15-8-10-16(11-9-15)28-13-12-22-20(25)29-21(3,4)5/h8-11,14H,6-7,12-13H2,1-5H3,(H,22,25). The van der Waals surface area contributed by atoms with Crippen molar-refractivity contribution in [2.75, 3.05) is 26.4 Å². The van der Waals surface area contributed by atoms with Gasteiger partial charge in [0.2, 0.25) is 0 Å². The molecule has 0 radical (unpaired) electrons. The Hall–Kier alpha value is -3.03. The molecule has 160 valence electrons. The van der Waals surface area contributed by atoms with Crippen LogP contribution in [-0.2, 0) is 23.8 Å². The fraction of sp³-hybridized carbons (Fsp3) is 0.476. The van der Waals surface area contributed by atoms with Crippen molar-refractivity contribution in [2.24, 2.45) is 0 Å². The average Bonchev–Trinajstić information content (AvgIpc) is 2.63. The average molecular weight is 407 g/mol. The van der Waals surface area contributed by atoms with E-state index in [1.165, 1.54) is 6.08 Å². The monoisotopic (exact) mass is 407 g/mol. The molecule has 0 heterocycles. The maximum Gasteiger partial charge on any atom is 0.407 e. The number of nitrogens with one attached hydrogen (secondary N) is 1. The highest BCUT2D eigenvalue weighted by molar-refractivity contribution is 6.17. The maximum atomic E-state index is 12.0. The van der Waals surface area contributed by atoms with Gasteiger partial charge in [-0.3, -0.25) is 0 Å². The zero-order valence-electron chi connectivity index (χ0n) is 17.6. The quantitative estimate of drug-likeness (QED) is 0.168. The molecule has 0 saturated heterocycles. The van der Waals surface area contributed by atoms with Crippen LogP contribution in [0.4, 0.5) is 4.79 Å². The van der Waals surface area contributed by atoms with Crippen LogP contribution in [0.1, 0.15) is 40.2 Å².